The van der Waals surface area contributed by atoms with Crippen LogP contribution in [0.5, 0.6) is 11.5 Å². The van der Waals surface area contributed by atoms with Crippen LogP contribution in [0.15, 0.2) is 46.3 Å². The van der Waals surface area contributed by atoms with E-state index < -0.39 is 4.92 Å². The number of allylic oxidation sites excluding steroid dienone is 3. The van der Waals surface area contributed by atoms with Gasteiger partial charge in [0.1, 0.15) is 6.61 Å². The van der Waals surface area contributed by atoms with Crippen LogP contribution in [0.3, 0.4) is 0 Å². The van der Waals surface area contributed by atoms with Gasteiger partial charge in [0, 0.05) is 24.1 Å². The molecule has 0 N–H and O–H groups in total. The molecular weight excluding hydrogens is 444 g/mol. The average Bonchev–Trinajstić information content (AvgIpc) is 2.82. The summed E-state index contributed by atoms with van der Waals surface area (Å²) in [4.78, 5) is 24.3. The maximum atomic E-state index is 13.4. The molecule has 0 amide bonds. The van der Waals surface area contributed by atoms with Crippen LogP contribution in [0, 0.1) is 10.1 Å². The molecule has 0 fully saturated rings. The number of methoxy groups -OCH3 is 1. The molecule has 0 aliphatic rings. The van der Waals surface area contributed by atoms with Crippen molar-refractivity contribution in [2.45, 2.75) is 85.6 Å². The molecule has 0 saturated heterocycles. The minimum atomic E-state index is -0.442. The van der Waals surface area contributed by atoms with Crippen molar-refractivity contribution >= 4 is 16.6 Å². The first-order chi connectivity index (χ1) is 16.8. The number of benzene rings is 1. The first-order valence-electron chi connectivity index (χ1n) is 12.6. The number of nitrogens with zero attached hydrogens (tertiary/aromatic N) is 2. The van der Waals surface area contributed by atoms with Crippen molar-refractivity contribution < 1.29 is 14.4 Å². The van der Waals surface area contributed by atoms with Gasteiger partial charge in [0.15, 0.2) is 5.75 Å². The van der Waals surface area contributed by atoms with Crippen molar-refractivity contribution in [1.29, 1.82) is 0 Å². The third-order valence-electron chi connectivity index (χ3n) is 6.06. The number of hydrogen-bond acceptors (Lipinski definition) is 5. The highest BCUT2D eigenvalue weighted by Gasteiger charge is 2.21. The van der Waals surface area contributed by atoms with E-state index in [2.05, 4.69) is 33.8 Å². The fourth-order valence-corrected chi connectivity index (χ4v) is 4.05. The van der Waals surface area contributed by atoms with Crippen molar-refractivity contribution in [3.8, 4) is 11.5 Å². The predicted octanol–water partition coefficient (Wildman–Crippen LogP) is 7.35. The number of hydrogen-bond donors (Lipinski definition) is 0. The van der Waals surface area contributed by atoms with E-state index >= 15 is 0 Å². The summed E-state index contributed by atoms with van der Waals surface area (Å²) in [6.07, 6.45) is 12.6. The number of nitro benzene ring substituents is 1. The lowest BCUT2D eigenvalue weighted by atomic mass is 10.1. The lowest BCUT2D eigenvalue weighted by molar-refractivity contribution is -0.384. The van der Waals surface area contributed by atoms with E-state index in [9.17, 15) is 14.9 Å². The maximum absolute atomic E-state index is 13.4. The second-order valence-corrected chi connectivity index (χ2v) is 9.23. The third kappa shape index (κ3) is 8.26. The van der Waals surface area contributed by atoms with Gasteiger partial charge in [-0.25, -0.2) is 0 Å². The summed E-state index contributed by atoms with van der Waals surface area (Å²) >= 11 is 0. The molecule has 7 nitrogen and oxygen atoms in total. The number of aryl methyl sites for hydroxylation is 1. The summed E-state index contributed by atoms with van der Waals surface area (Å²) in [6.45, 7) is 9.15. The number of ether oxygens (including phenoxy) is 2. The molecule has 0 unspecified atom stereocenters. The van der Waals surface area contributed by atoms with Crippen LogP contribution in [-0.4, -0.2) is 23.2 Å². The zero-order chi connectivity index (χ0) is 25.8. The highest BCUT2D eigenvalue weighted by atomic mass is 16.6. The van der Waals surface area contributed by atoms with Gasteiger partial charge in [-0.2, -0.15) is 0 Å². The topological polar surface area (TPSA) is 83.6 Å². The Morgan fingerprint density at radius 3 is 2.43 bits per heavy atom. The van der Waals surface area contributed by atoms with Gasteiger partial charge in [-0.3, -0.25) is 14.9 Å². The second kappa shape index (κ2) is 14.3. The molecule has 1 heterocycles. The minimum Gasteiger partial charge on any atom is -0.488 e. The first kappa shape index (κ1) is 28.1. The Morgan fingerprint density at radius 2 is 1.77 bits per heavy atom. The van der Waals surface area contributed by atoms with Crippen LogP contribution in [0.25, 0.3) is 10.9 Å². The van der Waals surface area contributed by atoms with E-state index in [1.54, 1.807) is 10.6 Å². The molecule has 2 rings (SSSR count). The maximum Gasteiger partial charge on any atom is 0.297 e. The molecule has 0 aliphatic heterocycles. The number of nitro groups is 1. The summed E-state index contributed by atoms with van der Waals surface area (Å²) in [5, 5.41) is 12.1. The van der Waals surface area contributed by atoms with E-state index in [-0.39, 0.29) is 23.6 Å². The standard InChI is InChI=1S/C28H40N2O5/c1-6-7-8-9-10-11-18-29-25-20-23(30(32)33)15-16-24(25)26(27(34-5)28(29)31)35-19-17-22(4)14-12-13-21(2)3/h13,15-17,20H,6-12,14,18-19H2,1-5H3/b22-17+. The van der Waals surface area contributed by atoms with Gasteiger partial charge in [-0.15, -0.1) is 0 Å². The molecule has 1 aromatic carbocycles. The van der Waals surface area contributed by atoms with Crippen molar-refractivity contribution in [1.82, 2.24) is 4.57 Å². The Labute approximate surface area is 208 Å². The molecule has 0 bridgehead atoms. The van der Waals surface area contributed by atoms with Crippen LogP contribution >= 0.6 is 0 Å². The zero-order valence-corrected chi connectivity index (χ0v) is 21.9. The van der Waals surface area contributed by atoms with Crippen molar-refractivity contribution in [2.75, 3.05) is 13.7 Å². The van der Waals surface area contributed by atoms with Crippen LogP contribution in [0.2, 0.25) is 0 Å². The van der Waals surface area contributed by atoms with Gasteiger partial charge in [-0.1, -0.05) is 56.3 Å². The van der Waals surface area contributed by atoms with Crippen molar-refractivity contribution in [2.24, 2.45) is 0 Å². The van der Waals surface area contributed by atoms with Gasteiger partial charge in [-0.05, 0) is 52.2 Å². The highest BCUT2D eigenvalue weighted by Crippen LogP contribution is 2.34. The number of non-ortho nitro benzene ring substituents is 1. The van der Waals surface area contributed by atoms with Crippen LogP contribution < -0.4 is 15.0 Å². The highest BCUT2D eigenvalue weighted by molar-refractivity contribution is 5.89. The minimum absolute atomic E-state index is 0.0558. The molecule has 0 radical (unpaired) electrons. The molecule has 7 heteroatoms. The Kier molecular flexibility index (Phi) is 11.5. The summed E-state index contributed by atoms with van der Waals surface area (Å²) in [5.41, 5.74) is 2.60. The monoisotopic (exact) mass is 484 g/mol. The summed E-state index contributed by atoms with van der Waals surface area (Å²) in [5.74, 6) is 0.461. The number of pyridine rings is 1. The lowest BCUT2D eigenvalue weighted by Crippen LogP contribution is -2.23. The van der Waals surface area contributed by atoms with Crippen LogP contribution in [0.4, 0.5) is 5.69 Å². The smallest absolute Gasteiger partial charge is 0.297 e. The Bertz CT molecular complexity index is 1110. The van der Waals surface area contributed by atoms with Gasteiger partial charge >= 0.3 is 0 Å². The Hall–Kier alpha value is -3.09. The Balaban J connectivity index is 2.36. The van der Waals surface area contributed by atoms with Gasteiger partial charge in [0.25, 0.3) is 11.2 Å². The SMILES string of the molecule is CCCCCCCCn1c(=O)c(OC)c(OC/C=C(\C)CCC=C(C)C)c2ccc([N+](=O)[O-])cc21. The fraction of sp³-hybridized carbons (Fsp3) is 0.536. The van der Waals surface area contributed by atoms with Crippen molar-refractivity contribution in [3.63, 3.8) is 0 Å². The quantitative estimate of drug-likeness (QED) is 0.114. The lowest BCUT2D eigenvalue weighted by Gasteiger charge is -2.17. The molecule has 2 aromatic rings. The molecule has 0 aliphatic carbocycles. The number of rotatable bonds is 15. The van der Waals surface area contributed by atoms with E-state index in [1.165, 1.54) is 49.7 Å². The zero-order valence-electron chi connectivity index (χ0n) is 21.9. The molecule has 192 valence electrons. The number of unbranched alkanes of at least 4 members (excludes halogenated alkanes) is 5. The van der Waals surface area contributed by atoms with Gasteiger partial charge < -0.3 is 14.0 Å². The molecule has 35 heavy (non-hydrogen) atoms. The summed E-state index contributed by atoms with van der Waals surface area (Å²) < 4.78 is 13.1. The number of fused-ring (bicyclic) bond motifs is 1. The largest absolute Gasteiger partial charge is 0.488 e. The Morgan fingerprint density at radius 1 is 1.06 bits per heavy atom. The van der Waals surface area contributed by atoms with Crippen LogP contribution in [0.1, 0.15) is 79.1 Å². The summed E-state index contributed by atoms with van der Waals surface area (Å²) in [6, 6.07) is 4.54. The fourth-order valence-electron chi connectivity index (χ4n) is 4.05. The molecule has 1 aromatic heterocycles. The van der Waals surface area contributed by atoms with E-state index in [1.807, 2.05) is 6.08 Å². The summed E-state index contributed by atoms with van der Waals surface area (Å²) in [7, 11) is 1.45. The second-order valence-electron chi connectivity index (χ2n) is 9.23. The van der Waals surface area contributed by atoms with E-state index in [4.69, 9.17) is 9.47 Å². The van der Waals surface area contributed by atoms with E-state index in [0.717, 1.165) is 32.1 Å². The number of aromatic nitrogens is 1. The van der Waals surface area contributed by atoms with Gasteiger partial charge in [0.05, 0.1) is 17.5 Å². The molecule has 0 atom stereocenters. The van der Waals surface area contributed by atoms with Gasteiger partial charge in [0.2, 0.25) is 5.75 Å². The molecule has 0 spiro atoms. The third-order valence-corrected chi connectivity index (χ3v) is 6.06. The van der Waals surface area contributed by atoms with E-state index in [0.29, 0.717) is 23.2 Å². The molecular formula is C28H40N2O5. The average molecular weight is 485 g/mol. The first-order valence-corrected chi connectivity index (χ1v) is 12.6. The molecule has 0 saturated carbocycles. The van der Waals surface area contributed by atoms with Crippen LogP contribution in [-0.2, 0) is 6.54 Å². The normalized spacial score (nSPS) is 11.5. The van der Waals surface area contributed by atoms with Crippen molar-refractivity contribution in [3.05, 3.63) is 62.0 Å². The predicted molar refractivity (Wildman–Crippen MR) is 143 cm³/mol.